The Balaban J connectivity index is 2.73. The van der Waals surface area contributed by atoms with E-state index in [1.165, 1.54) is 0 Å². The first-order chi connectivity index (χ1) is 6.83. The third-order valence-corrected chi connectivity index (χ3v) is 2.01. The van der Waals surface area contributed by atoms with Crippen molar-refractivity contribution in [3.8, 4) is 0 Å². The molecule has 0 saturated heterocycles. The zero-order chi connectivity index (χ0) is 10.4. The number of nitrogens with one attached hydrogen (secondary N) is 1. The van der Waals surface area contributed by atoms with Gasteiger partial charge in [-0.2, -0.15) is 0 Å². The van der Waals surface area contributed by atoms with Gasteiger partial charge < -0.3 is 10.1 Å². The highest BCUT2D eigenvalue weighted by molar-refractivity contribution is 5.25. The molecule has 0 aliphatic heterocycles. The van der Waals surface area contributed by atoms with Crippen LogP contribution in [0.15, 0.2) is 0 Å². The third-order valence-electron chi connectivity index (χ3n) is 2.01. The lowest BCUT2D eigenvalue weighted by Gasteiger charge is -2.07. The van der Waals surface area contributed by atoms with Crippen LogP contribution in [0.4, 0.5) is 5.95 Å². The first-order valence-corrected chi connectivity index (χ1v) is 4.98. The molecule has 0 aliphatic rings. The third kappa shape index (κ3) is 2.45. The molecule has 5 nitrogen and oxygen atoms in total. The molecule has 0 atom stereocenters. The Hall–Kier alpha value is -1.10. The van der Waals surface area contributed by atoms with Crippen molar-refractivity contribution < 1.29 is 4.74 Å². The molecule has 1 N–H and O–H groups in total. The number of nitrogens with zero attached hydrogens (tertiary/aromatic N) is 3. The van der Waals surface area contributed by atoms with Crippen LogP contribution in [-0.2, 0) is 17.7 Å². The molecule has 1 rings (SSSR count). The van der Waals surface area contributed by atoms with Crippen molar-refractivity contribution in [3.05, 3.63) is 5.82 Å². The fourth-order valence-corrected chi connectivity index (χ4v) is 1.33. The van der Waals surface area contributed by atoms with Gasteiger partial charge in [-0.1, -0.05) is 0 Å². The van der Waals surface area contributed by atoms with Gasteiger partial charge in [0.25, 0.3) is 0 Å². The summed E-state index contributed by atoms with van der Waals surface area (Å²) in [6.07, 6.45) is 0.808. The lowest BCUT2D eigenvalue weighted by atomic mass is 10.4. The van der Waals surface area contributed by atoms with E-state index in [-0.39, 0.29) is 0 Å². The van der Waals surface area contributed by atoms with Gasteiger partial charge in [0.1, 0.15) is 5.82 Å². The molecule has 1 aromatic rings. The van der Waals surface area contributed by atoms with Crippen LogP contribution in [0.25, 0.3) is 0 Å². The minimum Gasteiger partial charge on any atom is -0.384 e. The molecule has 0 unspecified atom stereocenters. The summed E-state index contributed by atoms with van der Waals surface area (Å²) in [7, 11) is 1.69. The van der Waals surface area contributed by atoms with E-state index in [0.717, 1.165) is 31.3 Å². The Kier molecular flexibility index (Phi) is 4.39. The second-order valence-corrected chi connectivity index (χ2v) is 2.96. The van der Waals surface area contributed by atoms with Crippen LogP contribution in [-0.4, -0.2) is 35.0 Å². The topological polar surface area (TPSA) is 52.0 Å². The average molecular weight is 198 g/mol. The number of ether oxygens (including phenoxy) is 1. The van der Waals surface area contributed by atoms with E-state index in [1.54, 1.807) is 7.11 Å². The van der Waals surface area contributed by atoms with Gasteiger partial charge in [-0.05, 0) is 13.8 Å². The van der Waals surface area contributed by atoms with Gasteiger partial charge >= 0.3 is 0 Å². The Labute approximate surface area is 84.5 Å². The largest absolute Gasteiger partial charge is 0.384 e. The molecule has 0 aliphatic carbocycles. The van der Waals surface area contributed by atoms with Crippen molar-refractivity contribution >= 4 is 5.95 Å². The van der Waals surface area contributed by atoms with Gasteiger partial charge in [0.2, 0.25) is 5.95 Å². The summed E-state index contributed by atoms with van der Waals surface area (Å²) in [5.74, 6) is 1.83. The van der Waals surface area contributed by atoms with Gasteiger partial charge in [0.05, 0.1) is 6.61 Å². The van der Waals surface area contributed by atoms with Crippen LogP contribution in [0, 0.1) is 0 Å². The SMILES string of the molecule is CCNc1nnc(CCOC)n1CC. The molecule has 0 spiro atoms. The fourth-order valence-electron chi connectivity index (χ4n) is 1.33. The number of aromatic nitrogens is 3. The van der Waals surface area contributed by atoms with Crippen molar-refractivity contribution in [2.24, 2.45) is 0 Å². The molecule has 0 saturated carbocycles. The summed E-state index contributed by atoms with van der Waals surface area (Å²) in [6, 6.07) is 0. The van der Waals surface area contributed by atoms with Crippen molar-refractivity contribution in [1.29, 1.82) is 0 Å². The average Bonchev–Trinajstić information content (AvgIpc) is 2.58. The molecule has 0 fully saturated rings. The Morgan fingerprint density at radius 3 is 2.71 bits per heavy atom. The van der Waals surface area contributed by atoms with Crippen molar-refractivity contribution in [2.75, 3.05) is 25.6 Å². The number of methoxy groups -OCH3 is 1. The standard InChI is InChI=1S/C9H18N4O/c1-4-10-9-12-11-8(6-7-14-3)13(9)5-2/h4-7H2,1-3H3,(H,10,12). The molecule has 80 valence electrons. The van der Waals surface area contributed by atoms with Gasteiger partial charge in [-0.25, -0.2) is 0 Å². The zero-order valence-electron chi connectivity index (χ0n) is 9.08. The van der Waals surface area contributed by atoms with Crippen molar-refractivity contribution in [1.82, 2.24) is 14.8 Å². The molecule has 0 amide bonds. The molecular formula is C9H18N4O. The van der Waals surface area contributed by atoms with Crippen LogP contribution < -0.4 is 5.32 Å². The Bertz CT molecular complexity index is 272. The second-order valence-electron chi connectivity index (χ2n) is 2.96. The van der Waals surface area contributed by atoms with E-state index < -0.39 is 0 Å². The van der Waals surface area contributed by atoms with Gasteiger partial charge in [0.15, 0.2) is 0 Å². The summed E-state index contributed by atoms with van der Waals surface area (Å²) < 4.78 is 7.08. The smallest absolute Gasteiger partial charge is 0.224 e. The molecule has 5 heteroatoms. The summed E-state index contributed by atoms with van der Waals surface area (Å²) in [6.45, 7) is 6.56. The minimum absolute atomic E-state index is 0.685. The maximum atomic E-state index is 5.01. The normalized spacial score (nSPS) is 10.5. The van der Waals surface area contributed by atoms with Crippen LogP contribution in [0.2, 0.25) is 0 Å². The molecule has 14 heavy (non-hydrogen) atoms. The number of anilines is 1. The maximum absolute atomic E-state index is 5.01. The molecule has 0 aromatic carbocycles. The van der Waals surface area contributed by atoms with E-state index in [2.05, 4.69) is 27.0 Å². The van der Waals surface area contributed by atoms with E-state index in [1.807, 2.05) is 6.92 Å². The quantitative estimate of drug-likeness (QED) is 0.738. The number of hydrogen-bond donors (Lipinski definition) is 1. The van der Waals surface area contributed by atoms with E-state index in [4.69, 9.17) is 4.74 Å². The van der Waals surface area contributed by atoms with Crippen molar-refractivity contribution in [2.45, 2.75) is 26.8 Å². The summed E-state index contributed by atoms with van der Waals surface area (Å²) in [5, 5.41) is 11.4. The van der Waals surface area contributed by atoms with E-state index in [9.17, 15) is 0 Å². The minimum atomic E-state index is 0.685. The Morgan fingerprint density at radius 2 is 2.14 bits per heavy atom. The summed E-state index contributed by atoms with van der Waals surface area (Å²) >= 11 is 0. The van der Waals surface area contributed by atoms with Gasteiger partial charge in [0, 0.05) is 26.6 Å². The van der Waals surface area contributed by atoms with Gasteiger partial charge in [-0.15, -0.1) is 10.2 Å². The van der Waals surface area contributed by atoms with Crippen LogP contribution in [0.5, 0.6) is 0 Å². The zero-order valence-corrected chi connectivity index (χ0v) is 9.08. The lowest BCUT2D eigenvalue weighted by molar-refractivity contribution is 0.199. The summed E-state index contributed by atoms with van der Waals surface area (Å²) in [5.41, 5.74) is 0. The maximum Gasteiger partial charge on any atom is 0.224 e. The van der Waals surface area contributed by atoms with Crippen LogP contribution >= 0.6 is 0 Å². The predicted molar refractivity (Wildman–Crippen MR) is 55.4 cm³/mol. The number of rotatable bonds is 6. The highest BCUT2D eigenvalue weighted by atomic mass is 16.5. The fraction of sp³-hybridized carbons (Fsp3) is 0.778. The monoisotopic (exact) mass is 198 g/mol. The van der Waals surface area contributed by atoms with Crippen LogP contribution in [0.3, 0.4) is 0 Å². The van der Waals surface area contributed by atoms with Gasteiger partial charge in [-0.3, -0.25) is 4.57 Å². The highest BCUT2D eigenvalue weighted by Crippen LogP contribution is 2.07. The number of hydrogen-bond acceptors (Lipinski definition) is 4. The molecule has 1 aromatic heterocycles. The summed E-state index contributed by atoms with van der Waals surface area (Å²) in [4.78, 5) is 0. The van der Waals surface area contributed by atoms with E-state index in [0.29, 0.717) is 6.61 Å². The molecular weight excluding hydrogens is 180 g/mol. The molecule has 0 radical (unpaired) electrons. The predicted octanol–water partition coefficient (Wildman–Crippen LogP) is 0.919. The Morgan fingerprint density at radius 1 is 1.36 bits per heavy atom. The second kappa shape index (κ2) is 5.59. The van der Waals surface area contributed by atoms with Crippen molar-refractivity contribution in [3.63, 3.8) is 0 Å². The highest BCUT2D eigenvalue weighted by Gasteiger charge is 2.08. The molecule has 1 heterocycles. The van der Waals surface area contributed by atoms with E-state index >= 15 is 0 Å². The van der Waals surface area contributed by atoms with Crippen LogP contribution in [0.1, 0.15) is 19.7 Å². The molecule has 0 bridgehead atoms. The first-order valence-electron chi connectivity index (χ1n) is 4.98. The first kappa shape index (κ1) is 11.0. The lowest BCUT2D eigenvalue weighted by Crippen LogP contribution is -2.09.